The van der Waals surface area contributed by atoms with E-state index in [0.717, 1.165) is 51.4 Å². The van der Waals surface area contributed by atoms with E-state index in [1.54, 1.807) is 0 Å². The van der Waals surface area contributed by atoms with Crippen molar-refractivity contribution in [3.63, 3.8) is 0 Å². The first-order valence-electron chi connectivity index (χ1n) is 18.2. The summed E-state index contributed by atoms with van der Waals surface area (Å²) in [5, 5.41) is 0. The summed E-state index contributed by atoms with van der Waals surface area (Å²) in [7, 11) is -4.57. The molecule has 9 nitrogen and oxygen atoms in total. The van der Waals surface area contributed by atoms with Gasteiger partial charge in [0.25, 0.3) is 7.82 Å². The molecule has 45 heavy (non-hydrogen) atoms. The zero-order valence-corrected chi connectivity index (χ0v) is 29.8. The van der Waals surface area contributed by atoms with E-state index in [4.69, 9.17) is 18.5 Å². The number of quaternary nitrogens is 1. The Labute approximate surface area is 275 Å². The Balaban J connectivity index is 4.26. The average Bonchev–Trinajstić information content (AvgIpc) is 3.02. The molecule has 0 aromatic carbocycles. The lowest BCUT2D eigenvalue weighted by molar-refractivity contribution is -0.373. The van der Waals surface area contributed by atoms with E-state index in [-0.39, 0.29) is 32.6 Å². The second-order valence-electron chi connectivity index (χ2n) is 12.1. The number of phosphoric acid groups is 1. The molecule has 0 aliphatic rings. The summed E-state index contributed by atoms with van der Waals surface area (Å²) in [4.78, 5) is 36.7. The largest absolute Gasteiger partial charge is 0.756 e. The van der Waals surface area contributed by atoms with Crippen LogP contribution in [0.2, 0.25) is 0 Å². The zero-order chi connectivity index (χ0) is 33.3. The Bertz CT molecular complexity index is 764. The number of carbonyl (C=O) groups is 2. The summed E-state index contributed by atoms with van der Waals surface area (Å²) in [6, 6.07) is 0. The van der Waals surface area contributed by atoms with Crippen LogP contribution in [0.4, 0.5) is 0 Å². The first kappa shape index (κ1) is 43.8. The topological polar surface area (TPSA) is 139 Å². The maximum atomic E-state index is 12.5. The number of phosphoric ester groups is 1. The predicted molar refractivity (Wildman–Crippen MR) is 179 cm³/mol. The van der Waals surface area contributed by atoms with Crippen LogP contribution in [0.25, 0.3) is 0 Å². The molecule has 1 unspecified atom stereocenters. The lowest BCUT2D eigenvalue weighted by Crippen LogP contribution is -2.52. The first-order chi connectivity index (χ1) is 21.8. The minimum Gasteiger partial charge on any atom is -0.756 e. The standard InChI is InChI=1S/C35H68NO8P/c1-3-5-7-9-11-13-15-16-18-20-22-24-26-28-35(38)44-33(32-43-45(39,40)42-30-29-36)31-41-34(37)27-25-23-21-19-17-14-12-10-8-6-4-2/h13,15,33H,3-12,14,16-32,36H2,1-2H3,(H,39,40)/b15-13-/t33-/m1/s1. The maximum absolute atomic E-state index is 12.5. The van der Waals surface area contributed by atoms with Crippen molar-refractivity contribution in [3.05, 3.63) is 12.2 Å². The van der Waals surface area contributed by atoms with Crippen LogP contribution in [0.3, 0.4) is 0 Å². The third kappa shape index (κ3) is 32.5. The number of unbranched alkanes of at least 4 members (excludes halogenated alkanes) is 19. The van der Waals surface area contributed by atoms with E-state index < -0.39 is 32.5 Å². The van der Waals surface area contributed by atoms with E-state index in [1.807, 2.05) is 0 Å². The van der Waals surface area contributed by atoms with Gasteiger partial charge in [-0.2, -0.15) is 0 Å². The zero-order valence-electron chi connectivity index (χ0n) is 29.0. The molecule has 0 bridgehead atoms. The molecule has 0 aromatic rings. The third-order valence-electron chi connectivity index (χ3n) is 7.67. The molecule has 0 spiro atoms. The number of rotatable bonds is 34. The van der Waals surface area contributed by atoms with Gasteiger partial charge in [0, 0.05) is 12.8 Å². The number of allylic oxidation sites excluding steroid dienone is 2. The van der Waals surface area contributed by atoms with Gasteiger partial charge in [0.05, 0.1) is 13.2 Å². The lowest BCUT2D eigenvalue weighted by atomic mass is 10.1. The highest BCUT2D eigenvalue weighted by atomic mass is 31.2. The summed E-state index contributed by atoms with van der Waals surface area (Å²) >= 11 is 0. The molecule has 0 aliphatic heterocycles. The number of hydrogen-bond acceptors (Lipinski definition) is 8. The fourth-order valence-electron chi connectivity index (χ4n) is 4.93. The Kier molecular flexibility index (Phi) is 31.8. The Morgan fingerprint density at radius 3 is 1.60 bits per heavy atom. The third-order valence-corrected chi connectivity index (χ3v) is 8.63. The number of hydrogen-bond donors (Lipinski definition) is 1. The molecule has 0 amide bonds. The second kappa shape index (κ2) is 32.7. The summed E-state index contributed by atoms with van der Waals surface area (Å²) in [6.45, 7) is 3.89. The molecule has 266 valence electrons. The Morgan fingerprint density at radius 1 is 0.644 bits per heavy atom. The average molecular weight is 662 g/mol. The second-order valence-corrected chi connectivity index (χ2v) is 13.5. The summed E-state index contributed by atoms with van der Waals surface area (Å²) < 4.78 is 32.3. The van der Waals surface area contributed by atoms with Crippen molar-refractivity contribution in [1.29, 1.82) is 0 Å². The molecular weight excluding hydrogens is 593 g/mol. The van der Waals surface area contributed by atoms with Gasteiger partial charge in [-0.25, -0.2) is 0 Å². The van der Waals surface area contributed by atoms with Gasteiger partial charge < -0.3 is 29.1 Å². The van der Waals surface area contributed by atoms with Crippen LogP contribution in [0, 0.1) is 0 Å². The van der Waals surface area contributed by atoms with Gasteiger partial charge >= 0.3 is 11.9 Å². The molecule has 0 rings (SSSR count). The smallest absolute Gasteiger partial charge is 0.306 e. The van der Waals surface area contributed by atoms with Gasteiger partial charge in [0.15, 0.2) is 6.10 Å². The predicted octanol–water partition coefficient (Wildman–Crippen LogP) is 8.14. The van der Waals surface area contributed by atoms with Crippen LogP contribution >= 0.6 is 7.82 Å². The fraction of sp³-hybridized carbons (Fsp3) is 0.886. The molecular formula is C35H68NO8P. The number of ether oxygens (including phenoxy) is 2. The highest BCUT2D eigenvalue weighted by Crippen LogP contribution is 2.38. The van der Waals surface area contributed by atoms with Gasteiger partial charge in [-0.15, -0.1) is 0 Å². The summed E-state index contributed by atoms with van der Waals surface area (Å²) in [5.41, 5.74) is 3.54. The van der Waals surface area contributed by atoms with Gasteiger partial charge in [-0.05, 0) is 38.5 Å². The SMILES string of the molecule is CCCCCC/C=C\CCCCCCCC(=O)O[C@H](COC(=O)CCCCCCCCCCCCC)COP(=O)([O-])OCC[NH3+]. The van der Waals surface area contributed by atoms with Gasteiger partial charge in [0.2, 0.25) is 0 Å². The van der Waals surface area contributed by atoms with Crippen molar-refractivity contribution in [2.45, 2.75) is 174 Å². The lowest BCUT2D eigenvalue weighted by Gasteiger charge is -2.25. The minimum atomic E-state index is -4.57. The van der Waals surface area contributed by atoms with Gasteiger partial charge in [-0.3, -0.25) is 14.2 Å². The van der Waals surface area contributed by atoms with E-state index in [1.165, 1.54) is 83.5 Å². The molecule has 0 radical (unpaired) electrons. The van der Waals surface area contributed by atoms with Crippen LogP contribution in [0.5, 0.6) is 0 Å². The molecule has 0 fully saturated rings. The number of carbonyl (C=O) groups excluding carboxylic acids is 2. The Hall–Kier alpha value is -1.25. The molecule has 0 saturated carbocycles. The van der Waals surface area contributed by atoms with E-state index in [2.05, 4.69) is 31.7 Å². The summed E-state index contributed by atoms with van der Waals surface area (Å²) in [5.74, 6) is -0.854. The molecule has 0 heterocycles. The number of esters is 2. The van der Waals surface area contributed by atoms with E-state index in [0.29, 0.717) is 6.42 Å². The summed E-state index contributed by atoms with van der Waals surface area (Å²) in [6.07, 6.45) is 29.4. The molecule has 0 aliphatic carbocycles. The molecule has 0 saturated heterocycles. The van der Waals surface area contributed by atoms with Crippen LogP contribution in [-0.2, 0) is 32.7 Å². The van der Waals surface area contributed by atoms with Gasteiger partial charge in [-0.1, -0.05) is 129 Å². The van der Waals surface area contributed by atoms with E-state index >= 15 is 0 Å². The normalized spacial score (nSPS) is 13.6. The minimum absolute atomic E-state index is 0.103. The molecule has 10 heteroatoms. The van der Waals surface area contributed by atoms with Crippen molar-refractivity contribution in [2.75, 3.05) is 26.4 Å². The fourth-order valence-corrected chi connectivity index (χ4v) is 5.70. The molecule has 0 aromatic heterocycles. The van der Waals surface area contributed by atoms with Crippen molar-refractivity contribution >= 4 is 19.8 Å². The van der Waals surface area contributed by atoms with Crippen LogP contribution in [0.15, 0.2) is 12.2 Å². The van der Waals surface area contributed by atoms with Crippen molar-refractivity contribution in [3.8, 4) is 0 Å². The van der Waals surface area contributed by atoms with Crippen molar-refractivity contribution in [1.82, 2.24) is 0 Å². The van der Waals surface area contributed by atoms with E-state index in [9.17, 15) is 19.0 Å². The van der Waals surface area contributed by atoms with Crippen LogP contribution in [-0.4, -0.2) is 44.4 Å². The quantitative estimate of drug-likeness (QED) is 0.0316. The highest BCUT2D eigenvalue weighted by Gasteiger charge is 2.21. The molecule has 3 N–H and O–H groups in total. The highest BCUT2D eigenvalue weighted by molar-refractivity contribution is 7.45. The Morgan fingerprint density at radius 2 is 1.09 bits per heavy atom. The molecule has 2 atom stereocenters. The van der Waals surface area contributed by atoms with Crippen LogP contribution < -0.4 is 10.6 Å². The van der Waals surface area contributed by atoms with Gasteiger partial charge in [0.1, 0.15) is 13.2 Å². The first-order valence-corrected chi connectivity index (χ1v) is 19.7. The monoisotopic (exact) mass is 661 g/mol. The van der Waals surface area contributed by atoms with Crippen LogP contribution in [0.1, 0.15) is 168 Å². The van der Waals surface area contributed by atoms with Crippen molar-refractivity contribution < 1.29 is 43.3 Å². The maximum Gasteiger partial charge on any atom is 0.306 e. The van der Waals surface area contributed by atoms with Crippen molar-refractivity contribution in [2.24, 2.45) is 0 Å².